The number of ether oxygens (including phenoxy) is 2. The Morgan fingerprint density at radius 1 is 1.47 bits per heavy atom. The maximum Gasteiger partial charge on any atom is 0.231 e. The van der Waals surface area contributed by atoms with Crippen LogP contribution in [-0.4, -0.2) is 18.4 Å². The second kappa shape index (κ2) is 3.94. The van der Waals surface area contributed by atoms with Crippen molar-refractivity contribution in [2.24, 2.45) is 5.73 Å². The van der Waals surface area contributed by atoms with Gasteiger partial charge in [0.15, 0.2) is 23.1 Å². The molecule has 0 spiro atoms. The standard InChI is InChI=1S/C10H12FNO3/c11-9-6(2-1-3-12)10-8(4-7(9)13)14-5-15-10/h4,13H,1-3,5,12H2. The lowest BCUT2D eigenvalue weighted by Gasteiger charge is -2.07. The largest absolute Gasteiger partial charge is 0.505 e. The molecule has 0 bridgehead atoms. The molecule has 2 rings (SSSR count). The summed E-state index contributed by atoms with van der Waals surface area (Å²) in [6.45, 7) is 0.526. The third-order valence-corrected chi connectivity index (χ3v) is 2.30. The van der Waals surface area contributed by atoms with Crippen molar-refractivity contribution in [3.63, 3.8) is 0 Å². The average Bonchev–Trinajstić information content (AvgIpc) is 2.66. The van der Waals surface area contributed by atoms with Crippen LogP contribution < -0.4 is 15.2 Å². The van der Waals surface area contributed by atoms with E-state index >= 15 is 0 Å². The van der Waals surface area contributed by atoms with E-state index < -0.39 is 11.6 Å². The van der Waals surface area contributed by atoms with E-state index in [2.05, 4.69) is 0 Å². The van der Waals surface area contributed by atoms with Crippen LogP contribution in [0, 0.1) is 5.82 Å². The Kier molecular flexibility index (Phi) is 2.64. The Hall–Kier alpha value is -1.49. The molecule has 1 aliphatic heterocycles. The predicted molar refractivity (Wildman–Crippen MR) is 51.6 cm³/mol. The first-order valence-electron chi connectivity index (χ1n) is 4.74. The molecular formula is C10H12FNO3. The van der Waals surface area contributed by atoms with Crippen LogP contribution in [0.3, 0.4) is 0 Å². The van der Waals surface area contributed by atoms with Gasteiger partial charge in [-0.1, -0.05) is 0 Å². The molecule has 0 radical (unpaired) electrons. The Bertz CT molecular complexity index is 381. The molecule has 3 N–H and O–H groups in total. The van der Waals surface area contributed by atoms with Gasteiger partial charge in [0, 0.05) is 11.6 Å². The summed E-state index contributed by atoms with van der Waals surface area (Å²) in [6, 6.07) is 1.23. The molecule has 1 heterocycles. The van der Waals surface area contributed by atoms with Gasteiger partial charge >= 0.3 is 0 Å². The maximum atomic E-state index is 13.6. The Balaban J connectivity index is 2.41. The summed E-state index contributed by atoms with van der Waals surface area (Å²) in [4.78, 5) is 0. The van der Waals surface area contributed by atoms with Crippen molar-refractivity contribution >= 4 is 0 Å². The molecule has 5 heteroatoms. The molecule has 15 heavy (non-hydrogen) atoms. The van der Waals surface area contributed by atoms with E-state index in [9.17, 15) is 9.50 Å². The lowest BCUT2D eigenvalue weighted by atomic mass is 10.1. The van der Waals surface area contributed by atoms with Crippen LogP contribution in [0.5, 0.6) is 17.2 Å². The Morgan fingerprint density at radius 2 is 2.27 bits per heavy atom. The van der Waals surface area contributed by atoms with Gasteiger partial charge in [-0.25, -0.2) is 4.39 Å². The number of benzene rings is 1. The van der Waals surface area contributed by atoms with E-state index in [0.29, 0.717) is 36.4 Å². The molecule has 0 fully saturated rings. The fourth-order valence-electron chi connectivity index (χ4n) is 1.58. The van der Waals surface area contributed by atoms with Gasteiger partial charge in [0.05, 0.1) is 0 Å². The molecule has 1 aromatic carbocycles. The average molecular weight is 213 g/mol. The molecule has 4 nitrogen and oxygen atoms in total. The minimum absolute atomic E-state index is 0.0633. The van der Waals surface area contributed by atoms with Gasteiger partial charge in [0.2, 0.25) is 6.79 Å². The summed E-state index contributed by atoms with van der Waals surface area (Å²) in [5.74, 6) is -0.279. The van der Waals surface area contributed by atoms with Gasteiger partial charge in [-0.15, -0.1) is 0 Å². The fourth-order valence-corrected chi connectivity index (χ4v) is 1.58. The summed E-state index contributed by atoms with van der Waals surface area (Å²) in [7, 11) is 0. The van der Waals surface area contributed by atoms with Crippen LogP contribution in [0.15, 0.2) is 6.07 Å². The van der Waals surface area contributed by atoms with Gasteiger partial charge < -0.3 is 20.3 Å². The Labute approximate surface area is 86.4 Å². The zero-order chi connectivity index (χ0) is 10.8. The van der Waals surface area contributed by atoms with Crippen molar-refractivity contribution in [2.75, 3.05) is 13.3 Å². The van der Waals surface area contributed by atoms with Crippen LogP contribution in [-0.2, 0) is 6.42 Å². The second-order valence-corrected chi connectivity index (χ2v) is 3.31. The number of halogens is 1. The number of phenols is 1. The summed E-state index contributed by atoms with van der Waals surface area (Å²) < 4.78 is 23.8. The SMILES string of the molecule is NCCCc1c(F)c(O)cc2c1OCO2. The lowest BCUT2D eigenvalue weighted by molar-refractivity contribution is 0.173. The summed E-state index contributed by atoms with van der Waals surface area (Å²) in [6.07, 6.45) is 1.07. The molecule has 0 saturated heterocycles. The minimum atomic E-state index is -0.646. The van der Waals surface area contributed by atoms with E-state index in [4.69, 9.17) is 15.2 Å². The number of rotatable bonds is 3. The maximum absolute atomic E-state index is 13.6. The van der Waals surface area contributed by atoms with Gasteiger partial charge in [-0.05, 0) is 19.4 Å². The molecular weight excluding hydrogens is 201 g/mol. The molecule has 1 aromatic rings. The Morgan fingerprint density at radius 3 is 3.00 bits per heavy atom. The molecule has 1 aliphatic rings. The number of fused-ring (bicyclic) bond motifs is 1. The highest BCUT2D eigenvalue weighted by molar-refractivity contribution is 5.53. The van der Waals surface area contributed by atoms with Crippen molar-refractivity contribution in [1.82, 2.24) is 0 Å². The second-order valence-electron chi connectivity index (χ2n) is 3.31. The summed E-state index contributed by atoms with van der Waals surface area (Å²) >= 11 is 0. The first kappa shape index (κ1) is 10.0. The first-order chi connectivity index (χ1) is 7.24. The van der Waals surface area contributed by atoms with E-state index in [0.717, 1.165) is 0 Å². The smallest absolute Gasteiger partial charge is 0.231 e. The zero-order valence-electron chi connectivity index (χ0n) is 8.12. The summed E-state index contributed by atoms with van der Waals surface area (Å²) in [5.41, 5.74) is 5.69. The molecule has 0 aromatic heterocycles. The number of aromatic hydroxyl groups is 1. The number of nitrogens with two attached hydrogens (primary N) is 1. The predicted octanol–water partition coefficient (Wildman–Crippen LogP) is 1.15. The highest BCUT2D eigenvalue weighted by atomic mass is 19.1. The van der Waals surface area contributed by atoms with Gasteiger partial charge in [-0.3, -0.25) is 0 Å². The van der Waals surface area contributed by atoms with Crippen LogP contribution in [0.4, 0.5) is 4.39 Å². The molecule has 0 unspecified atom stereocenters. The third-order valence-electron chi connectivity index (χ3n) is 2.30. The van der Waals surface area contributed by atoms with Crippen LogP contribution in [0.2, 0.25) is 0 Å². The van der Waals surface area contributed by atoms with E-state index in [1.807, 2.05) is 0 Å². The van der Waals surface area contributed by atoms with Crippen LogP contribution >= 0.6 is 0 Å². The summed E-state index contributed by atoms with van der Waals surface area (Å²) in [5, 5.41) is 9.32. The first-order valence-corrected chi connectivity index (χ1v) is 4.74. The lowest BCUT2D eigenvalue weighted by Crippen LogP contribution is -2.03. The van der Waals surface area contributed by atoms with Crippen LogP contribution in [0.1, 0.15) is 12.0 Å². The van der Waals surface area contributed by atoms with Gasteiger partial charge in [0.25, 0.3) is 0 Å². The molecule has 0 amide bonds. The monoisotopic (exact) mass is 213 g/mol. The van der Waals surface area contributed by atoms with Crippen molar-refractivity contribution in [3.05, 3.63) is 17.4 Å². The number of phenolic OH excluding ortho intramolecular Hbond substituents is 1. The highest BCUT2D eigenvalue weighted by Gasteiger charge is 2.23. The van der Waals surface area contributed by atoms with Crippen molar-refractivity contribution in [1.29, 1.82) is 0 Å². The van der Waals surface area contributed by atoms with Crippen molar-refractivity contribution in [2.45, 2.75) is 12.8 Å². The van der Waals surface area contributed by atoms with Gasteiger partial charge in [0.1, 0.15) is 0 Å². The normalized spacial score (nSPS) is 13.2. The minimum Gasteiger partial charge on any atom is -0.505 e. The molecule has 0 atom stereocenters. The van der Waals surface area contributed by atoms with Crippen molar-refractivity contribution in [3.8, 4) is 17.2 Å². The van der Waals surface area contributed by atoms with E-state index in [1.54, 1.807) is 0 Å². The molecule has 0 saturated carbocycles. The topological polar surface area (TPSA) is 64.7 Å². The quantitative estimate of drug-likeness (QED) is 0.790. The third kappa shape index (κ3) is 1.70. The zero-order valence-corrected chi connectivity index (χ0v) is 8.12. The fraction of sp³-hybridized carbons (Fsp3) is 0.400. The van der Waals surface area contributed by atoms with Crippen molar-refractivity contribution < 1.29 is 19.0 Å². The van der Waals surface area contributed by atoms with E-state index in [-0.39, 0.29) is 6.79 Å². The number of hydrogen-bond donors (Lipinski definition) is 2. The van der Waals surface area contributed by atoms with Gasteiger partial charge in [-0.2, -0.15) is 0 Å². The van der Waals surface area contributed by atoms with Crippen LogP contribution in [0.25, 0.3) is 0 Å². The highest BCUT2D eigenvalue weighted by Crippen LogP contribution is 2.41. The molecule has 0 aliphatic carbocycles. The van der Waals surface area contributed by atoms with E-state index in [1.165, 1.54) is 6.07 Å². The molecule has 82 valence electrons. The number of hydrogen-bond acceptors (Lipinski definition) is 4.